The molecular formula is C17H19F3N2O6S. The molecule has 2 rings (SSSR count). The number of alkyl halides is 3. The summed E-state index contributed by atoms with van der Waals surface area (Å²) in [5.41, 5.74) is -4.15. The fraction of sp³-hybridized carbons (Fsp3) is 0.588. The van der Waals surface area contributed by atoms with E-state index < -0.39 is 46.7 Å². The summed E-state index contributed by atoms with van der Waals surface area (Å²) >= 11 is 0.975. The summed E-state index contributed by atoms with van der Waals surface area (Å²) in [7, 11) is 0. The van der Waals surface area contributed by atoms with E-state index in [-0.39, 0.29) is 19.6 Å². The van der Waals surface area contributed by atoms with Crippen LogP contribution in [0.25, 0.3) is 0 Å². The highest BCUT2D eigenvalue weighted by molar-refractivity contribution is 8.13. The van der Waals surface area contributed by atoms with Crippen LogP contribution in [0.3, 0.4) is 0 Å². The van der Waals surface area contributed by atoms with Gasteiger partial charge in [0, 0.05) is 18.4 Å². The van der Waals surface area contributed by atoms with E-state index in [0.29, 0.717) is 16.5 Å². The second-order valence-corrected chi connectivity index (χ2v) is 7.07. The number of nitrogens with zero attached hydrogens (tertiary/aromatic N) is 1. The number of nitrogens with one attached hydrogen (secondary N) is 1. The number of hydrogen-bond acceptors (Lipinski definition) is 7. The van der Waals surface area contributed by atoms with Gasteiger partial charge in [-0.05, 0) is 18.2 Å². The number of carbonyl (C=O) groups is 1. The summed E-state index contributed by atoms with van der Waals surface area (Å²) in [6.07, 6.45) is -1.41. The molecule has 2 heterocycles. The third-order valence-corrected chi connectivity index (χ3v) is 4.90. The molecule has 12 heteroatoms. The molecular weight excluding hydrogens is 417 g/mol. The maximum absolute atomic E-state index is 13.0. The van der Waals surface area contributed by atoms with Crippen molar-refractivity contribution in [3.63, 3.8) is 0 Å². The van der Waals surface area contributed by atoms with Crippen molar-refractivity contribution in [1.82, 2.24) is 9.55 Å². The number of aromatic nitrogens is 2. The predicted molar refractivity (Wildman–Crippen MR) is 97.5 cm³/mol. The van der Waals surface area contributed by atoms with Gasteiger partial charge >= 0.3 is 17.2 Å². The van der Waals surface area contributed by atoms with Crippen molar-refractivity contribution in [2.24, 2.45) is 0 Å². The first-order valence-corrected chi connectivity index (χ1v) is 9.58. The number of hydrogen-bond donors (Lipinski definition) is 1. The van der Waals surface area contributed by atoms with Gasteiger partial charge in [-0.25, -0.2) is 9.59 Å². The van der Waals surface area contributed by atoms with Crippen LogP contribution in [0.4, 0.5) is 18.0 Å². The van der Waals surface area contributed by atoms with Crippen molar-refractivity contribution in [2.75, 3.05) is 19.0 Å². The van der Waals surface area contributed by atoms with Gasteiger partial charge in [0.2, 0.25) is 0 Å². The Kier molecular flexibility index (Phi) is 7.95. The highest BCUT2D eigenvalue weighted by Gasteiger charge is 2.40. The number of aromatic amines is 1. The van der Waals surface area contributed by atoms with Crippen molar-refractivity contribution >= 4 is 17.1 Å². The number of terminal acetylenes is 1. The van der Waals surface area contributed by atoms with Gasteiger partial charge in [0.05, 0.1) is 6.10 Å². The van der Waals surface area contributed by atoms with E-state index >= 15 is 0 Å². The molecule has 3 atom stereocenters. The molecule has 29 heavy (non-hydrogen) atoms. The summed E-state index contributed by atoms with van der Waals surface area (Å²) in [5, 5.41) is -0.532. The summed E-state index contributed by atoms with van der Waals surface area (Å²) in [5.74, 6) is 2.82. The summed E-state index contributed by atoms with van der Waals surface area (Å²) in [6, 6.07) is 0. The lowest BCUT2D eigenvalue weighted by molar-refractivity contribution is -0.139. The van der Waals surface area contributed by atoms with Crippen LogP contribution in [-0.4, -0.2) is 46.0 Å². The normalized spacial score (nSPS) is 21.7. The molecule has 0 bridgehead atoms. The lowest BCUT2D eigenvalue weighted by Gasteiger charge is -2.18. The molecule has 0 radical (unpaired) electrons. The molecule has 0 aromatic carbocycles. The lowest BCUT2D eigenvalue weighted by atomic mass is 10.2. The quantitative estimate of drug-likeness (QED) is 0.516. The van der Waals surface area contributed by atoms with E-state index in [1.165, 1.54) is 0 Å². The lowest BCUT2D eigenvalue weighted by Crippen LogP contribution is -2.36. The molecule has 1 fully saturated rings. The van der Waals surface area contributed by atoms with Crippen molar-refractivity contribution < 1.29 is 32.2 Å². The number of rotatable bonds is 7. The summed E-state index contributed by atoms with van der Waals surface area (Å²) in [6.45, 7) is 1.56. The molecule has 0 spiro atoms. The molecule has 1 aromatic rings. The zero-order chi connectivity index (χ0) is 21.6. The molecule has 1 aliphatic heterocycles. The summed E-state index contributed by atoms with van der Waals surface area (Å²) in [4.78, 5) is 36.8. The second kappa shape index (κ2) is 10.00. The molecule has 160 valence electrons. The number of thioether (sulfide) groups is 1. The minimum absolute atomic E-state index is 0.0325. The van der Waals surface area contributed by atoms with Gasteiger partial charge in [0.1, 0.15) is 31.1 Å². The van der Waals surface area contributed by atoms with E-state index in [1.54, 1.807) is 4.98 Å². The van der Waals surface area contributed by atoms with Crippen LogP contribution in [-0.2, 0) is 20.4 Å². The Morgan fingerprint density at radius 1 is 1.48 bits per heavy atom. The van der Waals surface area contributed by atoms with Crippen LogP contribution in [0.2, 0.25) is 0 Å². The number of carbonyl (C=O) groups excluding carboxylic acids is 1. The number of halogens is 3. The van der Waals surface area contributed by atoms with Gasteiger partial charge in [-0.2, -0.15) is 13.2 Å². The Balaban J connectivity index is 2.20. The zero-order valence-electron chi connectivity index (χ0n) is 15.4. The van der Waals surface area contributed by atoms with Crippen LogP contribution in [0.15, 0.2) is 15.8 Å². The van der Waals surface area contributed by atoms with Gasteiger partial charge in [0.25, 0.3) is 5.56 Å². The smallest absolute Gasteiger partial charge is 0.423 e. The average molecular weight is 436 g/mol. The first kappa shape index (κ1) is 23.1. The first-order valence-electron chi connectivity index (χ1n) is 8.60. The molecule has 0 saturated carbocycles. The molecule has 0 unspecified atom stereocenters. The second-order valence-electron chi connectivity index (χ2n) is 6.04. The average Bonchev–Trinajstić information content (AvgIpc) is 3.04. The van der Waals surface area contributed by atoms with E-state index in [4.69, 9.17) is 20.6 Å². The maximum atomic E-state index is 13.0. The highest BCUT2D eigenvalue weighted by Crippen LogP contribution is 2.32. The highest BCUT2D eigenvalue weighted by atomic mass is 32.2. The van der Waals surface area contributed by atoms with Gasteiger partial charge in [-0.3, -0.25) is 14.3 Å². The Morgan fingerprint density at radius 2 is 2.21 bits per heavy atom. The van der Waals surface area contributed by atoms with E-state index in [0.717, 1.165) is 18.2 Å². The van der Waals surface area contributed by atoms with Crippen molar-refractivity contribution in [3.05, 3.63) is 32.6 Å². The summed E-state index contributed by atoms with van der Waals surface area (Å²) < 4.78 is 55.7. The molecule has 0 amide bonds. The Morgan fingerprint density at radius 3 is 2.83 bits per heavy atom. The van der Waals surface area contributed by atoms with E-state index in [9.17, 15) is 27.6 Å². The third-order valence-electron chi connectivity index (χ3n) is 3.93. The molecule has 0 aliphatic carbocycles. The van der Waals surface area contributed by atoms with E-state index in [1.807, 2.05) is 6.92 Å². The van der Waals surface area contributed by atoms with Crippen LogP contribution >= 0.6 is 11.8 Å². The minimum Gasteiger partial charge on any atom is -0.455 e. The number of H-pyrrole nitrogens is 1. The van der Waals surface area contributed by atoms with Crippen LogP contribution in [0.5, 0.6) is 0 Å². The van der Waals surface area contributed by atoms with Gasteiger partial charge in [-0.15, -0.1) is 6.42 Å². The van der Waals surface area contributed by atoms with Crippen LogP contribution in [0.1, 0.15) is 31.6 Å². The largest absolute Gasteiger partial charge is 0.455 e. The van der Waals surface area contributed by atoms with Crippen molar-refractivity contribution in [3.8, 4) is 12.3 Å². The minimum atomic E-state index is -4.95. The standard InChI is InChI=1S/C17H19F3N2O6S/c1-3-5-26-11-7-13(28-12(11)9-27-16(25)29-6-4-2)22-8-10(17(18,19)20)14(23)21-15(22)24/h1,8,11-13H,4-7,9H2,2H3,(H,21,23,24)/t11-,12+,13+/m0/s1. The molecule has 1 N–H and O–H groups in total. The monoisotopic (exact) mass is 436 g/mol. The predicted octanol–water partition coefficient (Wildman–Crippen LogP) is 2.14. The molecule has 1 saturated heterocycles. The fourth-order valence-electron chi connectivity index (χ4n) is 2.63. The first-order chi connectivity index (χ1) is 13.7. The SMILES string of the molecule is C#CCO[C@H]1C[C@H](n2cc(C(F)(F)F)c(=O)[nH]c2=O)O[C@@H]1COC(=O)SCCC. The molecule has 1 aromatic heterocycles. The van der Waals surface area contributed by atoms with Gasteiger partial charge in [-0.1, -0.05) is 12.8 Å². The fourth-order valence-corrected chi connectivity index (χ4v) is 3.15. The van der Waals surface area contributed by atoms with E-state index in [2.05, 4.69) is 5.92 Å². The van der Waals surface area contributed by atoms with Crippen molar-refractivity contribution in [1.29, 1.82) is 0 Å². The van der Waals surface area contributed by atoms with Crippen molar-refractivity contribution in [2.45, 2.75) is 44.4 Å². The molecule has 1 aliphatic rings. The van der Waals surface area contributed by atoms with Gasteiger partial charge in [0.15, 0.2) is 0 Å². The number of ether oxygens (including phenoxy) is 3. The maximum Gasteiger partial charge on any atom is 0.423 e. The zero-order valence-corrected chi connectivity index (χ0v) is 16.2. The van der Waals surface area contributed by atoms with Crippen LogP contribution < -0.4 is 11.2 Å². The van der Waals surface area contributed by atoms with Crippen LogP contribution in [0, 0.1) is 12.3 Å². The third kappa shape index (κ3) is 6.12. The van der Waals surface area contributed by atoms with Gasteiger partial charge < -0.3 is 14.2 Å². The molecule has 8 nitrogen and oxygen atoms in total. The Bertz CT molecular complexity index is 876. The Labute approximate surface area is 167 Å². The topological polar surface area (TPSA) is 99.6 Å². The Hall–Kier alpha value is -2.23.